The van der Waals surface area contributed by atoms with E-state index in [1.807, 2.05) is 6.92 Å². The number of nitrogens with one attached hydrogen (secondary N) is 1. The van der Waals surface area contributed by atoms with Crippen molar-refractivity contribution in [2.45, 2.75) is 26.2 Å². The molecular formula is C13H15FN2O2. The van der Waals surface area contributed by atoms with Gasteiger partial charge in [-0.3, -0.25) is 0 Å². The number of Topliss-reactive ketones (excluding diaryl/α,β-unsaturated/α-hetero) is 1. The third-order valence-corrected chi connectivity index (χ3v) is 2.98. The second kappa shape index (κ2) is 4.76. The van der Waals surface area contributed by atoms with Crippen LogP contribution in [0.2, 0.25) is 0 Å². The van der Waals surface area contributed by atoms with Gasteiger partial charge in [0.25, 0.3) is 0 Å². The average Bonchev–Trinajstić information content (AvgIpc) is 2.73. The number of nitrogens with zero attached hydrogens (tertiary/aromatic N) is 1. The number of ether oxygens (including phenoxy) is 1. The monoisotopic (exact) mass is 250 g/mol. The lowest BCUT2D eigenvalue weighted by Gasteiger charge is -2.09. The first-order chi connectivity index (χ1) is 8.54. The van der Waals surface area contributed by atoms with Crippen LogP contribution in [0.25, 0.3) is 11.0 Å². The van der Waals surface area contributed by atoms with Gasteiger partial charge in [0.15, 0.2) is 11.6 Å². The van der Waals surface area contributed by atoms with Gasteiger partial charge in [-0.25, -0.2) is 9.37 Å². The lowest BCUT2D eigenvalue weighted by atomic mass is 9.96. The zero-order chi connectivity index (χ0) is 13.3. The van der Waals surface area contributed by atoms with Gasteiger partial charge in [0.2, 0.25) is 0 Å². The molecule has 2 heterocycles. The Morgan fingerprint density at radius 2 is 2.33 bits per heavy atom. The predicted octanol–water partition coefficient (Wildman–Crippen LogP) is 2.79. The number of carbonyl (C=O) groups excluding carboxylic acids is 1. The summed E-state index contributed by atoms with van der Waals surface area (Å²) in [5, 5.41) is 0.406. The number of pyridine rings is 1. The van der Waals surface area contributed by atoms with Crippen molar-refractivity contribution in [3.8, 4) is 5.75 Å². The fourth-order valence-electron chi connectivity index (χ4n) is 2.13. The minimum atomic E-state index is -0.436. The maximum atomic E-state index is 14.2. The molecule has 18 heavy (non-hydrogen) atoms. The lowest BCUT2D eigenvalue weighted by Crippen LogP contribution is -2.00. The van der Waals surface area contributed by atoms with Crippen molar-refractivity contribution in [3.63, 3.8) is 0 Å². The number of ketones is 1. The highest BCUT2D eigenvalue weighted by Gasteiger charge is 2.19. The molecule has 2 rings (SSSR count). The molecule has 0 saturated carbocycles. The van der Waals surface area contributed by atoms with Crippen LogP contribution in [0.1, 0.15) is 31.7 Å². The highest BCUT2D eigenvalue weighted by molar-refractivity contribution is 5.84. The summed E-state index contributed by atoms with van der Waals surface area (Å²) in [4.78, 5) is 18.2. The first-order valence-corrected chi connectivity index (χ1v) is 5.73. The summed E-state index contributed by atoms with van der Waals surface area (Å²) in [6, 6.07) is 0. The third kappa shape index (κ3) is 2.08. The van der Waals surface area contributed by atoms with Crippen LogP contribution >= 0.6 is 0 Å². The van der Waals surface area contributed by atoms with Gasteiger partial charge in [-0.15, -0.1) is 0 Å². The Bertz CT molecular complexity index is 592. The smallest absolute Gasteiger partial charge is 0.177 e. The van der Waals surface area contributed by atoms with Gasteiger partial charge in [0.1, 0.15) is 11.4 Å². The van der Waals surface area contributed by atoms with Crippen molar-refractivity contribution >= 4 is 16.8 Å². The maximum Gasteiger partial charge on any atom is 0.177 e. The molecule has 96 valence electrons. The highest BCUT2D eigenvalue weighted by Crippen LogP contribution is 2.32. The van der Waals surface area contributed by atoms with Crippen molar-refractivity contribution < 1.29 is 13.9 Å². The number of aromatic nitrogens is 2. The lowest BCUT2D eigenvalue weighted by molar-refractivity contribution is -0.117. The molecule has 0 fully saturated rings. The molecule has 0 aromatic carbocycles. The number of fused-ring (bicyclic) bond motifs is 1. The number of rotatable bonds is 4. The molecule has 0 aliphatic carbocycles. The Kier molecular flexibility index (Phi) is 3.32. The molecule has 0 amide bonds. The highest BCUT2D eigenvalue weighted by atomic mass is 19.1. The van der Waals surface area contributed by atoms with E-state index < -0.39 is 5.82 Å². The van der Waals surface area contributed by atoms with Gasteiger partial charge < -0.3 is 14.5 Å². The Morgan fingerprint density at radius 1 is 1.61 bits per heavy atom. The molecule has 5 heteroatoms. The van der Waals surface area contributed by atoms with Crippen LogP contribution in [0, 0.1) is 5.82 Å². The molecule has 0 aliphatic rings. The molecule has 1 atom stereocenters. The van der Waals surface area contributed by atoms with E-state index in [1.165, 1.54) is 20.2 Å². The quantitative estimate of drug-likeness (QED) is 0.907. The molecule has 2 aromatic heterocycles. The van der Waals surface area contributed by atoms with E-state index in [2.05, 4.69) is 9.97 Å². The first-order valence-electron chi connectivity index (χ1n) is 5.73. The van der Waals surface area contributed by atoms with Crippen LogP contribution in [0.15, 0.2) is 12.4 Å². The molecule has 0 spiro atoms. The fourth-order valence-corrected chi connectivity index (χ4v) is 2.13. The van der Waals surface area contributed by atoms with E-state index in [9.17, 15) is 9.18 Å². The number of carbonyl (C=O) groups is 1. The van der Waals surface area contributed by atoms with E-state index in [-0.39, 0.29) is 17.5 Å². The van der Waals surface area contributed by atoms with E-state index >= 15 is 0 Å². The Morgan fingerprint density at radius 3 is 2.94 bits per heavy atom. The van der Waals surface area contributed by atoms with Crippen molar-refractivity contribution in [2.75, 3.05) is 7.11 Å². The van der Waals surface area contributed by atoms with Gasteiger partial charge in [-0.05, 0) is 18.4 Å². The minimum absolute atomic E-state index is 0.0559. The largest absolute Gasteiger partial charge is 0.492 e. The number of H-pyrrole nitrogens is 1. The van der Waals surface area contributed by atoms with Crippen LogP contribution in [0.5, 0.6) is 5.75 Å². The van der Waals surface area contributed by atoms with Crippen molar-refractivity contribution in [1.29, 1.82) is 0 Å². The van der Waals surface area contributed by atoms with Gasteiger partial charge in [0.05, 0.1) is 18.7 Å². The molecule has 0 aliphatic heterocycles. The normalized spacial score (nSPS) is 12.7. The van der Waals surface area contributed by atoms with Gasteiger partial charge >= 0.3 is 0 Å². The Balaban J connectivity index is 2.55. The van der Waals surface area contributed by atoms with E-state index in [0.29, 0.717) is 17.5 Å². The van der Waals surface area contributed by atoms with Crippen LogP contribution < -0.4 is 4.74 Å². The summed E-state index contributed by atoms with van der Waals surface area (Å²) in [6.45, 7) is 3.42. The summed E-state index contributed by atoms with van der Waals surface area (Å²) in [5.74, 6) is -0.305. The number of aromatic amines is 1. The third-order valence-electron chi connectivity index (χ3n) is 2.98. The molecule has 4 nitrogen and oxygen atoms in total. The molecular weight excluding hydrogens is 235 g/mol. The van der Waals surface area contributed by atoms with E-state index in [0.717, 1.165) is 5.56 Å². The molecule has 0 radical (unpaired) electrons. The molecule has 0 bridgehead atoms. The topological polar surface area (TPSA) is 55.0 Å². The van der Waals surface area contributed by atoms with Gasteiger partial charge in [-0.2, -0.15) is 0 Å². The minimum Gasteiger partial charge on any atom is -0.492 e. The van der Waals surface area contributed by atoms with Crippen molar-refractivity contribution in [1.82, 2.24) is 9.97 Å². The number of methoxy groups -OCH3 is 1. The SMILES string of the molecule is COc1cnc2[nH]cc(C(C)CC(C)=O)c2c1F. The average molecular weight is 250 g/mol. The maximum absolute atomic E-state index is 14.2. The second-order valence-electron chi connectivity index (χ2n) is 4.42. The summed E-state index contributed by atoms with van der Waals surface area (Å²) in [5.41, 5.74) is 1.22. The van der Waals surface area contributed by atoms with E-state index in [4.69, 9.17) is 4.74 Å². The predicted molar refractivity (Wildman–Crippen MR) is 66.3 cm³/mol. The summed E-state index contributed by atoms with van der Waals surface area (Å²) >= 11 is 0. The van der Waals surface area contributed by atoms with Crippen LogP contribution in [0.3, 0.4) is 0 Å². The molecule has 2 aromatic rings. The fraction of sp³-hybridized carbons (Fsp3) is 0.385. The first kappa shape index (κ1) is 12.5. The van der Waals surface area contributed by atoms with E-state index in [1.54, 1.807) is 6.20 Å². The summed E-state index contributed by atoms with van der Waals surface area (Å²) < 4.78 is 19.1. The zero-order valence-corrected chi connectivity index (χ0v) is 10.6. The van der Waals surface area contributed by atoms with Gasteiger partial charge in [-0.1, -0.05) is 6.92 Å². The van der Waals surface area contributed by atoms with Gasteiger partial charge in [0, 0.05) is 12.6 Å². The van der Waals surface area contributed by atoms with Crippen molar-refractivity contribution in [2.24, 2.45) is 0 Å². The number of hydrogen-bond donors (Lipinski definition) is 1. The zero-order valence-electron chi connectivity index (χ0n) is 10.6. The summed E-state index contributed by atoms with van der Waals surface area (Å²) in [6.07, 6.45) is 3.42. The summed E-state index contributed by atoms with van der Waals surface area (Å²) in [7, 11) is 1.40. The molecule has 1 unspecified atom stereocenters. The van der Waals surface area contributed by atoms with Crippen LogP contribution in [-0.4, -0.2) is 22.9 Å². The molecule has 1 N–H and O–H groups in total. The Labute approximate surface area is 104 Å². The second-order valence-corrected chi connectivity index (χ2v) is 4.42. The van der Waals surface area contributed by atoms with Crippen molar-refractivity contribution in [3.05, 3.63) is 23.8 Å². The van der Waals surface area contributed by atoms with Crippen LogP contribution in [-0.2, 0) is 4.79 Å². The Hall–Kier alpha value is -1.91. The number of hydrogen-bond acceptors (Lipinski definition) is 3. The standard InChI is InChI=1S/C13H15FN2O2/c1-7(4-8(2)17)9-5-15-13-11(9)12(14)10(18-3)6-16-13/h5-7H,4H2,1-3H3,(H,15,16). The van der Waals surface area contributed by atoms with Crippen LogP contribution in [0.4, 0.5) is 4.39 Å². The molecule has 0 saturated heterocycles. The number of halogens is 1.